The Bertz CT molecular complexity index is 1150. The number of carbonyl (C=O) groups excluding carboxylic acids is 2. The molecule has 9 nitrogen and oxygen atoms in total. The summed E-state index contributed by atoms with van der Waals surface area (Å²) in [5.41, 5.74) is 0.683. The van der Waals surface area contributed by atoms with Crippen molar-refractivity contribution < 1.29 is 23.8 Å². The quantitative estimate of drug-likeness (QED) is 0.502. The second kappa shape index (κ2) is 10.1. The van der Waals surface area contributed by atoms with Crippen molar-refractivity contribution in [2.24, 2.45) is 0 Å². The van der Waals surface area contributed by atoms with Crippen LogP contribution in [0, 0.1) is 0 Å². The minimum Gasteiger partial charge on any atom is -0.493 e. The first-order valence-corrected chi connectivity index (χ1v) is 10.5. The van der Waals surface area contributed by atoms with Gasteiger partial charge in [0.25, 0.3) is 5.56 Å². The van der Waals surface area contributed by atoms with Gasteiger partial charge in [0.2, 0.25) is 5.91 Å². The van der Waals surface area contributed by atoms with Crippen LogP contribution in [0.5, 0.6) is 11.5 Å². The smallest absolute Gasteiger partial charge is 0.339 e. The molecule has 0 saturated heterocycles. The number of fused-ring (bicyclic) bond motifs is 1. The molecule has 0 spiro atoms. The maximum absolute atomic E-state index is 12.8. The van der Waals surface area contributed by atoms with E-state index in [2.05, 4.69) is 10.3 Å². The number of amides is 1. The third-order valence-corrected chi connectivity index (χ3v) is 5.44. The van der Waals surface area contributed by atoms with Crippen molar-refractivity contribution in [1.82, 2.24) is 14.9 Å². The van der Waals surface area contributed by atoms with Crippen LogP contribution in [-0.2, 0) is 22.5 Å². The molecular formula is C21H23N3O6S. The molecule has 0 unspecified atom stereocenters. The number of nitrogens with one attached hydrogen (secondary N) is 1. The van der Waals surface area contributed by atoms with Crippen molar-refractivity contribution >= 4 is 33.4 Å². The van der Waals surface area contributed by atoms with Crippen LogP contribution in [-0.4, -0.2) is 48.8 Å². The van der Waals surface area contributed by atoms with Gasteiger partial charge in [0.15, 0.2) is 11.5 Å². The maximum atomic E-state index is 12.8. The van der Waals surface area contributed by atoms with Gasteiger partial charge in [-0.15, -0.1) is 11.3 Å². The molecule has 10 heteroatoms. The van der Waals surface area contributed by atoms with E-state index >= 15 is 0 Å². The number of aromatic nitrogens is 2. The van der Waals surface area contributed by atoms with Crippen molar-refractivity contribution in [3.05, 3.63) is 51.4 Å². The first-order chi connectivity index (χ1) is 15.0. The lowest BCUT2D eigenvalue weighted by Crippen LogP contribution is -2.33. The zero-order valence-corrected chi connectivity index (χ0v) is 18.3. The number of methoxy groups -OCH3 is 2. The van der Waals surface area contributed by atoms with E-state index in [1.165, 1.54) is 22.2 Å². The van der Waals surface area contributed by atoms with E-state index in [1.54, 1.807) is 32.6 Å². The minimum atomic E-state index is -0.579. The molecule has 1 amide bonds. The molecule has 1 N–H and O–H groups in total. The highest BCUT2D eigenvalue weighted by Crippen LogP contribution is 2.27. The van der Waals surface area contributed by atoms with Crippen molar-refractivity contribution in [3.63, 3.8) is 0 Å². The number of thiophene rings is 1. The summed E-state index contributed by atoms with van der Waals surface area (Å²) in [6.07, 6.45) is 1.89. The lowest BCUT2D eigenvalue weighted by molar-refractivity contribution is -0.121. The third kappa shape index (κ3) is 5.02. The second-order valence-corrected chi connectivity index (χ2v) is 7.38. The molecular weight excluding hydrogens is 422 g/mol. The Labute approximate surface area is 182 Å². The average molecular weight is 445 g/mol. The van der Waals surface area contributed by atoms with Crippen molar-refractivity contribution in [3.8, 4) is 11.5 Å². The lowest BCUT2D eigenvalue weighted by Gasteiger charge is -2.10. The van der Waals surface area contributed by atoms with E-state index in [0.717, 1.165) is 5.56 Å². The van der Waals surface area contributed by atoms with Gasteiger partial charge in [-0.1, -0.05) is 6.07 Å². The Morgan fingerprint density at radius 1 is 1.19 bits per heavy atom. The fourth-order valence-electron chi connectivity index (χ4n) is 3.03. The first kappa shape index (κ1) is 22.3. The van der Waals surface area contributed by atoms with Crippen LogP contribution >= 0.6 is 11.3 Å². The van der Waals surface area contributed by atoms with Gasteiger partial charge in [0.05, 0.1) is 38.1 Å². The van der Waals surface area contributed by atoms with Gasteiger partial charge in [-0.25, -0.2) is 9.78 Å². The Morgan fingerprint density at radius 2 is 1.97 bits per heavy atom. The van der Waals surface area contributed by atoms with Gasteiger partial charge in [-0.3, -0.25) is 14.2 Å². The van der Waals surface area contributed by atoms with Gasteiger partial charge in [0, 0.05) is 11.9 Å². The van der Waals surface area contributed by atoms with Gasteiger partial charge in [0.1, 0.15) is 11.4 Å². The largest absolute Gasteiger partial charge is 0.493 e. The third-order valence-electron chi connectivity index (χ3n) is 4.55. The Kier molecular flexibility index (Phi) is 7.24. The van der Waals surface area contributed by atoms with E-state index in [4.69, 9.17) is 14.2 Å². The second-order valence-electron chi connectivity index (χ2n) is 6.52. The number of esters is 1. The number of hydrogen-bond acceptors (Lipinski definition) is 8. The molecule has 1 aromatic carbocycles. The van der Waals surface area contributed by atoms with Crippen LogP contribution in [0.4, 0.5) is 0 Å². The van der Waals surface area contributed by atoms with Crippen molar-refractivity contribution in [2.75, 3.05) is 27.4 Å². The molecule has 0 radical (unpaired) electrons. The predicted octanol–water partition coefficient (Wildman–Crippen LogP) is 2.01. The Hall–Kier alpha value is -3.40. The summed E-state index contributed by atoms with van der Waals surface area (Å²) < 4.78 is 16.7. The minimum absolute atomic E-state index is 0.169. The monoisotopic (exact) mass is 445 g/mol. The zero-order valence-electron chi connectivity index (χ0n) is 17.5. The summed E-state index contributed by atoms with van der Waals surface area (Å²) in [5, 5.41) is 4.50. The molecule has 31 heavy (non-hydrogen) atoms. The molecule has 3 rings (SSSR count). The topological polar surface area (TPSA) is 109 Å². The highest BCUT2D eigenvalue weighted by Gasteiger charge is 2.19. The summed E-state index contributed by atoms with van der Waals surface area (Å²) in [6, 6.07) is 5.54. The van der Waals surface area contributed by atoms with E-state index in [1.807, 2.05) is 12.1 Å². The molecule has 3 aromatic rings. The molecule has 0 aliphatic carbocycles. The average Bonchev–Trinajstić information content (AvgIpc) is 3.21. The maximum Gasteiger partial charge on any atom is 0.339 e. The van der Waals surface area contributed by atoms with E-state index < -0.39 is 11.5 Å². The van der Waals surface area contributed by atoms with Crippen LogP contribution in [0.3, 0.4) is 0 Å². The fraction of sp³-hybridized carbons (Fsp3) is 0.333. The number of nitrogens with zero attached hydrogens (tertiary/aromatic N) is 2. The standard InChI is InChI=1S/C21H23N3O6S/c1-4-30-21(27)14-11-31-19-18(14)20(26)24(12-23-19)10-17(25)22-8-7-13-5-6-15(28-2)16(9-13)29-3/h5-6,9,11-12H,4,7-8,10H2,1-3H3,(H,22,25). The van der Waals surface area contributed by atoms with Gasteiger partial charge < -0.3 is 19.5 Å². The van der Waals surface area contributed by atoms with Crippen LogP contribution in [0.1, 0.15) is 22.8 Å². The van der Waals surface area contributed by atoms with Crippen LogP contribution in [0.15, 0.2) is 34.7 Å². The molecule has 0 aliphatic heterocycles. The van der Waals surface area contributed by atoms with Gasteiger partial charge >= 0.3 is 5.97 Å². The molecule has 2 heterocycles. The molecule has 164 valence electrons. The number of ether oxygens (including phenoxy) is 3. The van der Waals surface area contributed by atoms with Gasteiger partial charge in [-0.05, 0) is 31.0 Å². The van der Waals surface area contributed by atoms with Gasteiger partial charge in [-0.2, -0.15) is 0 Å². The SMILES string of the molecule is CCOC(=O)c1csc2ncn(CC(=O)NCCc3ccc(OC)c(OC)c3)c(=O)c12. The number of rotatable bonds is 9. The summed E-state index contributed by atoms with van der Waals surface area (Å²) >= 11 is 1.18. The predicted molar refractivity (Wildman–Crippen MR) is 116 cm³/mol. The van der Waals surface area contributed by atoms with E-state index in [-0.39, 0.29) is 30.0 Å². The number of carbonyl (C=O) groups is 2. The summed E-state index contributed by atoms with van der Waals surface area (Å²) in [5.74, 6) is 0.333. The summed E-state index contributed by atoms with van der Waals surface area (Å²) in [7, 11) is 3.13. The summed E-state index contributed by atoms with van der Waals surface area (Å²) in [4.78, 5) is 41.8. The molecule has 0 atom stereocenters. The Balaban J connectivity index is 1.65. The van der Waals surface area contributed by atoms with Crippen LogP contribution < -0.4 is 20.3 Å². The van der Waals surface area contributed by atoms with E-state index in [0.29, 0.717) is 29.3 Å². The first-order valence-electron chi connectivity index (χ1n) is 9.59. The molecule has 0 aliphatic rings. The number of hydrogen-bond donors (Lipinski definition) is 1. The van der Waals surface area contributed by atoms with Crippen molar-refractivity contribution in [1.29, 1.82) is 0 Å². The van der Waals surface area contributed by atoms with Crippen LogP contribution in [0.2, 0.25) is 0 Å². The fourth-order valence-corrected chi connectivity index (χ4v) is 3.90. The molecule has 0 fully saturated rings. The zero-order chi connectivity index (χ0) is 22.4. The highest BCUT2D eigenvalue weighted by molar-refractivity contribution is 7.17. The Morgan fingerprint density at radius 3 is 2.68 bits per heavy atom. The normalized spacial score (nSPS) is 10.7. The molecule has 0 bridgehead atoms. The highest BCUT2D eigenvalue weighted by atomic mass is 32.1. The molecule has 0 saturated carbocycles. The van der Waals surface area contributed by atoms with Crippen molar-refractivity contribution in [2.45, 2.75) is 19.9 Å². The number of benzene rings is 1. The van der Waals surface area contributed by atoms with Crippen LogP contribution in [0.25, 0.3) is 10.2 Å². The lowest BCUT2D eigenvalue weighted by atomic mass is 10.1. The molecule has 2 aromatic heterocycles. The van der Waals surface area contributed by atoms with E-state index in [9.17, 15) is 14.4 Å². The summed E-state index contributed by atoms with van der Waals surface area (Å²) in [6.45, 7) is 2.07.